The molecule has 1 aromatic rings. The van der Waals surface area contributed by atoms with Crippen molar-refractivity contribution in [1.82, 2.24) is 20.5 Å². The number of rotatable bonds is 7. The maximum absolute atomic E-state index is 12.7. The van der Waals surface area contributed by atoms with E-state index in [-0.39, 0.29) is 35.3 Å². The first-order valence-corrected chi connectivity index (χ1v) is 10.8. The Kier molecular flexibility index (Phi) is 9.64. The molecule has 8 heteroatoms. The fraction of sp³-hybridized carbons (Fsp3) is 0.682. The zero-order valence-electron chi connectivity index (χ0n) is 18.4. The molecule has 168 valence electrons. The molecule has 0 spiro atoms. The second-order valence-electron chi connectivity index (χ2n) is 8.49. The number of carbonyl (C=O) groups excluding carboxylic acids is 1. The van der Waals surface area contributed by atoms with E-state index in [9.17, 15) is 4.79 Å². The average molecular weight is 529 g/mol. The van der Waals surface area contributed by atoms with Gasteiger partial charge in [0.15, 0.2) is 5.96 Å². The lowest BCUT2D eigenvalue weighted by Crippen LogP contribution is -2.49. The predicted octanol–water partition coefficient (Wildman–Crippen LogP) is 3.33. The summed E-state index contributed by atoms with van der Waals surface area (Å²) in [6, 6.07) is 3.97. The smallest absolute Gasteiger partial charge is 0.230 e. The number of ether oxygens (including phenoxy) is 1. The maximum atomic E-state index is 12.7. The molecule has 2 saturated carbocycles. The molecule has 0 bridgehead atoms. The fourth-order valence-electron chi connectivity index (χ4n) is 4.45. The van der Waals surface area contributed by atoms with Gasteiger partial charge in [-0.25, -0.2) is 4.98 Å². The molecule has 3 rings (SSSR count). The third kappa shape index (κ3) is 6.46. The van der Waals surface area contributed by atoms with Crippen molar-refractivity contribution in [2.24, 2.45) is 10.4 Å². The van der Waals surface area contributed by atoms with Crippen LogP contribution in [0.15, 0.2) is 23.3 Å². The molecular formula is C22H36IN5O2. The maximum Gasteiger partial charge on any atom is 0.230 e. The first-order chi connectivity index (χ1) is 14.0. The first kappa shape index (κ1) is 24.7. The van der Waals surface area contributed by atoms with Gasteiger partial charge >= 0.3 is 0 Å². The summed E-state index contributed by atoms with van der Waals surface area (Å²) in [5, 5.41) is 6.72. The van der Waals surface area contributed by atoms with Crippen molar-refractivity contribution in [3.63, 3.8) is 0 Å². The van der Waals surface area contributed by atoms with Crippen LogP contribution in [0.1, 0.15) is 56.9 Å². The van der Waals surface area contributed by atoms with Gasteiger partial charge in [-0.1, -0.05) is 12.8 Å². The number of amides is 1. The van der Waals surface area contributed by atoms with Crippen molar-refractivity contribution >= 4 is 35.8 Å². The number of aliphatic imine (C=N–C) groups is 1. The van der Waals surface area contributed by atoms with E-state index in [0.29, 0.717) is 31.0 Å². The van der Waals surface area contributed by atoms with Crippen LogP contribution in [0.25, 0.3) is 0 Å². The summed E-state index contributed by atoms with van der Waals surface area (Å²) in [5.41, 5.74) is 0.774. The van der Waals surface area contributed by atoms with E-state index < -0.39 is 0 Å². The standard InChI is InChI=1S/C22H35N5O2.HI/c1-23-21(26-16-22(11-6-7-12-22)20(28)27(2)3)25-15-17-10-13-24-19(14-17)29-18-8-4-5-9-18;/h10,13-14,18H,4-9,11-12,15-16H2,1-3H3,(H2,23,25,26);1H. The van der Waals surface area contributed by atoms with Gasteiger partial charge in [-0.3, -0.25) is 9.79 Å². The Morgan fingerprint density at radius 1 is 1.23 bits per heavy atom. The van der Waals surface area contributed by atoms with E-state index in [2.05, 4.69) is 20.6 Å². The molecule has 1 heterocycles. The highest BCUT2D eigenvalue weighted by Crippen LogP contribution is 2.38. The normalized spacial score (nSPS) is 18.6. The monoisotopic (exact) mass is 529 g/mol. The third-order valence-electron chi connectivity index (χ3n) is 6.09. The number of hydrogen-bond acceptors (Lipinski definition) is 4. The molecule has 0 unspecified atom stereocenters. The highest BCUT2D eigenvalue weighted by molar-refractivity contribution is 14.0. The molecule has 0 aromatic carbocycles. The average Bonchev–Trinajstić information content (AvgIpc) is 3.40. The molecule has 7 nitrogen and oxygen atoms in total. The van der Waals surface area contributed by atoms with Crippen LogP contribution in [0.4, 0.5) is 0 Å². The molecular weight excluding hydrogens is 493 g/mol. The third-order valence-corrected chi connectivity index (χ3v) is 6.09. The van der Waals surface area contributed by atoms with Crippen LogP contribution in [0.5, 0.6) is 5.88 Å². The minimum Gasteiger partial charge on any atom is -0.474 e. The van der Waals surface area contributed by atoms with E-state index in [1.54, 1.807) is 18.1 Å². The summed E-state index contributed by atoms with van der Waals surface area (Å²) in [6.07, 6.45) is 10.9. The van der Waals surface area contributed by atoms with Gasteiger partial charge in [0.2, 0.25) is 11.8 Å². The SMILES string of the molecule is CN=C(NCc1ccnc(OC2CCCC2)c1)NCC1(C(=O)N(C)C)CCCC1.I. The number of aromatic nitrogens is 1. The van der Waals surface area contributed by atoms with Crippen LogP contribution in [-0.2, 0) is 11.3 Å². The van der Waals surface area contributed by atoms with Crippen LogP contribution in [0.2, 0.25) is 0 Å². The largest absolute Gasteiger partial charge is 0.474 e. The molecule has 0 radical (unpaired) electrons. The summed E-state index contributed by atoms with van der Waals surface area (Å²) in [7, 11) is 5.43. The first-order valence-electron chi connectivity index (χ1n) is 10.8. The Morgan fingerprint density at radius 3 is 2.57 bits per heavy atom. The zero-order chi connectivity index (χ0) is 20.7. The van der Waals surface area contributed by atoms with Crippen LogP contribution in [0.3, 0.4) is 0 Å². The van der Waals surface area contributed by atoms with Crippen molar-refractivity contribution < 1.29 is 9.53 Å². The topological polar surface area (TPSA) is 78.9 Å². The van der Waals surface area contributed by atoms with Crippen molar-refractivity contribution in [1.29, 1.82) is 0 Å². The van der Waals surface area contributed by atoms with Gasteiger partial charge < -0.3 is 20.3 Å². The lowest BCUT2D eigenvalue weighted by atomic mass is 9.84. The van der Waals surface area contributed by atoms with Crippen molar-refractivity contribution in [3.8, 4) is 5.88 Å². The lowest BCUT2D eigenvalue weighted by molar-refractivity contribution is -0.138. The highest BCUT2D eigenvalue weighted by atomic mass is 127. The summed E-state index contributed by atoms with van der Waals surface area (Å²) in [6.45, 7) is 1.23. The van der Waals surface area contributed by atoms with Crippen LogP contribution in [0, 0.1) is 5.41 Å². The minimum atomic E-state index is -0.319. The summed E-state index contributed by atoms with van der Waals surface area (Å²) in [5.74, 6) is 1.61. The van der Waals surface area contributed by atoms with E-state index in [4.69, 9.17) is 4.74 Å². The summed E-state index contributed by atoms with van der Waals surface area (Å²) < 4.78 is 6.00. The van der Waals surface area contributed by atoms with Crippen molar-refractivity contribution in [3.05, 3.63) is 23.9 Å². The van der Waals surface area contributed by atoms with Gasteiger partial charge in [0, 0.05) is 46.5 Å². The molecule has 1 amide bonds. The Hall–Kier alpha value is -1.58. The number of hydrogen-bond donors (Lipinski definition) is 2. The molecule has 2 aliphatic rings. The number of pyridine rings is 1. The number of halogens is 1. The van der Waals surface area contributed by atoms with Crippen molar-refractivity contribution in [2.75, 3.05) is 27.7 Å². The number of nitrogens with one attached hydrogen (secondary N) is 2. The minimum absolute atomic E-state index is 0. The van der Waals surface area contributed by atoms with Gasteiger partial charge in [0.05, 0.1) is 5.41 Å². The molecule has 0 saturated heterocycles. The molecule has 2 N–H and O–H groups in total. The second-order valence-corrected chi connectivity index (χ2v) is 8.49. The Bertz CT molecular complexity index is 713. The van der Waals surface area contributed by atoms with Gasteiger partial charge in [-0.15, -0.1) is 24.0 Å². The van der Waals surface area contributed by atoms with Crippen LogP contribution >= 0.6 is 24.0 Å². The van der Waals surface area contributed by atoms with E-state index >= 15 is 0 Å². The van der Waals surface area contributed by atoms with Crippen molar-refractivity contribution in [2.45, 2.75) is 64.0 Å². The van der Waals surface area contributed by atoms with Gasteiger partial charge in [-0.2, -0.15) is 0 Å². The molecule has 2 fully saturated rings. The highest BCUT2D eigenvalue weighted by Gasteiger charge is 2.42. The summed E-state index contributed by atoms with van der Waals surface area (Å²) in [4.78, 5) is 23.1. The molecule has 1 aromatic heterocycles. The Morgan fingerprint density at radius 2 is 1.93 bits per heavy atom. The zero-order valence-corrected chi connectivity index (χ0v) is 20.8. The lowest BCUT2D eigenvalue weighted by Gasteiger charge is -2.31. The Balaban J connectivity index is 0.00000320. The number of carbonyl (C=O) groups is 1. The molecule has 2 aliphatic carbocycles. The molecule has 0 atom stereocenters. The van der Waals surface area contributed by atoms with E-state index in [0.717, 1.165) is 44.1 Å². The predicted molar refractivity (Wildman–Crippen MR) is 130 cm³/mol. The fourth-order valence-corrected chi connectivity index (χ4v) is 4.45. The number of guanidine groups is 1. The number of nitrogens with zero attached hydrogens (tertiary/aromatic N) is 3. The van der Waals surface area contributed by atoms with Gasteiger partial charge in [0.1, 0.15) is 6.10 Å². The second kappa shape index (κ2) is 11.7. The van der Waals surface area contributed by atoms with Gasteiger partial charge in [-0.05, 0) is 50.2 Å². The van der Waals surface area contributed by atoms with E-state index in [1.165, 1.54) is 12.8 Å². The van der Waals surface area contributed by atoms with Crippen LogP contribution < -0.4 is 15.4 Å². The summed E-state index contributed by atoms with van der Waals surface area (Å²) >= 11 is 0. The quantitative estimate of drug-likeness (QED) is 0.322. The molecule has 30 heavy (non-hydrogen) atoms. The van der Waals surface area contributed by atoms with Gasteiger partial charge in [0.25, 0.3) is 0 Å². The van der Waals surface area contributed by atoms with E-state index in [1.807, 2.05) is 26.2 Å². The van der Waals surface area contributed by atoms with Crippen LogP contribution in [-0.4, -0.2) is 55.5 Å². The Labute approximate surface area is 197 Å². The molecule has 0 aliphatic heterocycles.